The molecule has 2 aromatic carbocycles. The van der Waals surface area contributed by atoms with Crippen molar-refractivity contribution in [3.63, 3.8) is 0 Å². The number of hydrogen-bond donors (Lipinski definition) is 1. The Labute approximate surface area is 273 Å². The highest BCUT2D eigenvalue weighted by Crippen LogP contribution is 2.51. The SMILES string of the molecule is CCc1c2nc(nc1-c1c(C)cccc1C)NS(=O)(=O)c1cccc(c1)C(=O)N(C1CC3(CCN(C)CC3)C1)[C@H](CC(C)C)CO2. The van der Waals surface area contributed by atoms with Gasteiger partial charge in [0.15, 0.2) is 0 Å². The van der Waals surface area contributed by atoms with Gasteiger partial charge in [-0.2, -0.15) is 4.98 Å². The Morgan fingerprint density at radius 2 is 1.72 bits per heavy atom. The van der Waals surface area contributed by atoms with E-state index in [0.717, 1.165) is 67.4 Å². The summed E-state index contributed by atoms with van der Waals surface area (Å²) in [6.45, 7) is 12.8. The summed E-state index contributed by atoms with van der Waals surface area (Å²) < 4.78 is 36.8. The monoisotopic (exact) mass is 645 g/mol. The lowest BCUT2D eigenvalue weighted by atomic mass is 9.59. The van der Waals surface area contributed by atoms with E-state index < -0.39 is 10.0 Å². The molecule has 1 atom stereocenters. The molecule has 1 N–H and O–H groups in total. The van der Waals surface area contributed by atoms with E-state index in [2.05, 4.69) is 35.5 Å². The zero-order valence-electron chi connectivity index (χ0n) is 28.0. The lowest BCUT2D eigenvalue weighted by molar-refractivity contribution is -0.0498. The zero-order valence-corrected chi connectivity index (χ0v) is 28.8. The summed E-state index contributed by atoms with van der Waals surface area (Å²) in [5.41, 5.74) is 5.08. The summed E-state index contributed by atoms with van der Waals surface area (Å²) >= 11 is 0. The number of aryl methyl sites for hydroxylation is 2. The van der Waals surface area contributed by atoms with Crippen molar-refractivity contribution in [2.75, 3.05) is 31.5 Å². The number of likely N-dealkylation sites (tertiary alicyclic amines) is 1. The summed E-state index contributed by atoms with van der Waals surface area (Å²) in [6, 6.07) is 12.3. The first-order valence-electron chi connectivity index (χ1n) is 16.6. The molecule has 1 saturated carbocycles. The molecule has 1 saturated heterocycles. The van der Waals surface area contributed by atoms with Crippen LogP contribution in [0.5, 0.6) is 5.88 Å². The molecule has 3 aliphatic rings. The van der Waals surface area contributed by atoms with Crippen molar-refractivity contribution in [1.82, 2.24) is 19.8 Å². The van der Waals surface area contributed by atoms with Crippen molar-refractivity contribution < 1.29 is 17.9 Å². The lowest BCUT2D eigenvalue weighted by Crippen LogP contribution is -2.59. The molecular weight excluding hydrogens is 598 g/mol. The Bertz CT molecular complexity index is 1700. The molecular formula is C36H47N5O4S. The van der Waals surface area contributed by atoms with Crippen LogP contribution in [-0.4, -0.2) is 72.9 Å². The smallest absolute Gasteiger partial charge is 0.264 e. The van der Waals surface area contributed by atoms with Gasteiger partial charge in [-0.05, 0) is 113 Å². The van der Waals surface area contributed by atoms with Gasteiger partial charge < -0.3 is 14.5 Å². The van der Waals surface area contributed by atoms with Crippen LogP contribution < -0.4 is 9.46 Å². The maximum atomic E-state index is 14.5. The van der Waals surface area contributed by atoms with E-state index in [1.165, 1.54) is 12.1 Å². The second-order valence-corrected chi connectivity index (χ2v) is 15.8. The Kier molecular flexibility index (Phi) is 8.89. The van der Waals surface area contributed by atoms with E-state index in [4.69, 9.17) is 9.72 Å². The second-order valence-electron chi connectivity index (χ2n) is 14.1. The third-order valence-corrected chi connectivity index (χ3v) is 11.5. The number of piperidine rings is 1. The zero-order chi connectivity index (χ0) is 32.8. The molecule has 4 bridgehead atoms. The predicted octanol–water partition coefficient (Wildman–Crippen LogP) is 6.25. The number of nitrogens with zero attached hydrogens (tertiary/aromatic N) is 4. The Morgan fingerprint density at radius 3 is 2.37 bits per heavy atom. The molecule has 3 aromatic rings. The fourth-order valence-corrected chi connectivity index (χ4v) is 8.70. The van der Waals surface area contributed by atoms with Crippen LogP contribution in [0.3, 0.4) is 0 Å². The highest BCUT2D eigenvalue weighted by atomic mass is 32.2. The van der Waals surface area contributed by atoms with Crippen molar-refractivity contribution in [3.05, 3.63) is 64.7 Å². The lowest BCUT2D eigenvalue weighted by Gasteiger charge is -2.56. The van der Waals surface area contributed by atoms with E-state index in [0.29, 0.717) is 29.5 Å². The normalized spacial score (nSPS) is 21.5. The number of fused-ring (bicyclic) bond motifs is 4. The van der Waals surface area contributed by atoms with Crippen molar-refractivity contribution in [3.8, 4) is 17.1 Å². The number of amides is 1. The number of carbonyl (C=O) groups excluding carboxylic acids is 1. The van der Waals surface area contributed by atoms with Gasteiger partial charge in [0, 0.05) is 22.7 Å². The fourth-order valence-electron chi connectivity index (χ4n) is 7.71. The quantitative estimate of drug-likeness (QED) is 0.350. The van der Waals surface area contributed by atoms with E-state index in [9.17, 15) is 13.2 Å². The average Bonchev–Trinajstić information content (AvgIpc) is 2.99. The average molecular weight is 646 g/mol. The maximum absolute atomic E-state index is 14.5. The molecule has 6 rings (SSSR count). The number of sulfonamides is 1. The summed E-state index contributed by atoms with van der Waals surface area (Å²) in [7, 11) is -1.94. The Balaban J connectivity index is 1.48. The van der Waals surface area contributed by atoms with Gasteiger partial charge in [0.2, 0.25) is 11.8 Å². The van der Waals surface area contributed by atoms with E-state index >= 15 is 0 Å². The van der Waals surface area contributed by atoms with Crippen LogP contribution in [-0.2, 0) is 16.4 Å². The van der Waals surface area contributed by atoms with Crippen molar-refractivity contribution in [2.24, 2.45) is 11.3 Å². The largest absolute Gasteiger partial charge is 0.475 e. The van der Waals surface area contributed by atoms with Gasteiger partial charge >= 0.3 is 0 Å². The first-order valence-corrected chi connectivity index (χ1v) is 18.1. The standard InChI is InChI=1S/C36H47N5O4S/c1-7-30-32(31-24(4)10-8-11-25(31)5)37-35-38-33(30)45-22-27(18-23(2)3)41(28-20-36(21-28)14-16-40(6)17-15-36)34(42)26-12-9-13-29(19-26)46(43,44)39-35/h8-13,19,23,27-28H,7,14-18,20-22H2,1-6H3,(H,37,38,39)/t27-/m1/s1. The van der Waals surface area contributed by atoms with E-state index in [-0.39, 0.29) is 40.9 Å². The van der Waals surface area contributed by atoms with Gasteiger partial charge in [-0.1, -0.05) is 45.0 Å². The molecule has 1 amide bonds. The number of nitrogens with one attached hydrogen (secondary N) is 1. The van der Waals surface area contributed by atoms with Gasteiger partial charge in [-0.3, -0.25) is 4.79 Å². The van der Waals surface area contributed by atoms with E-state index in [1.54, 1.807) is 12.1 Å². The molecule has 1 aromatic heterocycles. The number of ether oxygens (including phenoxy) is 1. The minimum Gasteiger partial charge on any atom is -0.475 e. The van der Waals surface area contributed by atoms with Gasteiger partial charge in [-0.25, -0.2) is 18.1 Å². The van der Waals surface area contributed by atoms with Gasteiger partial charge in [0.05, 0.1) is 16.6 Å². The third-order valence-electron chi connectivity index (χ3n) is 10.2. The number of anilines is 1. The van der Waals surface area contributed by atoms with Crippen LogP contribution in [0.25, 0.3) is 11.3 Å². The van der Waals surface area contributed by atoms with Crippen LogP contribution in [0.1, 0.15) is 79.9 Å². The van der Waals surface area contributed by atoms with Crippen LogP contribution in [0.2, 0.25) is 0 Å². The molecule has 1 spiro atoms. The molecule has 9 nitrogen and oxygen atoms in total. The second kappa shape index (κ2) is 12.6. The summed E-state index contributed by atoms with van der Waals surface area (Å²) in [5, 5.41) is 0. The Hall–Kier alpha value is -3.50. The molecule has 46 heavy (non-hydrogen) atoms. The molecule has 3 heterocycles. The molecule has 2 aliphatic heterocycles. The molecule has 1 aliphatic carbocycles. The van der Waals surface area contributed by atoms with Crippen molar-refractivity contribution in [2.45, 2.75) is 90.1 Å². The van der Waals surface area contributed by atoms with Crippen molar-refractivity contribution in [1.29, 1.82) is 0 Å². The number of carbonyl (C=O) groups is 1. The molecule has 0 radical (unpaired) electrons. The molecule has 10 heteroatoms. The minimum atomic E-state index is -4.12. The van der Waals surface area contributed by atoms with Crippen LogP contribution in [0.15, 0.2) is 47.4 Å². The summed E-state index contributed by atoms with van der Waals surface area (Å²) in [6.07, 6.45) is 5.51. The predicted molar refractivity (Wildman–Crippen MR) is 181 cm³/mol. The molecule has 246 valence electrons. The number of hydrogen-bond acceptors (Lipinski definition) is 7. The number of benzene rings is 2. The number of aromatic nitrogens is 2. The first-order chi connectivity index (χ1) is 21.9. The topological polar surface area (TPSA) is 105 Å². The van der Waals surface area contributed by atoms with Crippen LogP contribution in [0, 0.1) is 25.2 Å². The van der Waals surface area contributed by atoms with E-state index in [1.807, 2.05) is 43.9 Å². The van der Waals surface area contributed by atoms with Crippen molar-refractivity contribution >= 4 is 21.9 Å². The van der Waals surface area contributed by atoms with Gasteiger partial charge in [0.1, 0.15) is 6.61 Å². The minimum absolute atomic E-state index is 0.00221. The highest BCUT2D eigenvalue weighted by Gasteiger charge is 2.50. The summed E-state index contributed by atoms with van der Waals surface area (Å²) in [5.74, 6) is 0.451. The molecule has 0 unspecified atom stereocenters. The first kappa shape index (κ1) is 32.4. The Morgan fingerprint density at radius 1 is 1.04 bits per heavy atom. The van der Waals surface area contributed by atoms with Crippen LogP contribution >= 0.6 is 0 Å². The number of rotatable bonds is 5. The van der Waals surface area contributed by atoms with Crippen LogP contribution in [0.4, 0.5) is 5.95 Å². The molecule has 2 fully saturated rings. The van der Waals surface area contributed by atoms with Gasteiger partial charge in [0.25, 0.3) is 15.9 Å². The highest BCUT2D eigenvalue weighted by molar-refractivity contribution is 7.92. The third kappa shape index (κ3) is 6.26. The van der Waals surface area contributed by atoms with Gasteiger partial charge in [-0.15, -0.1) is 0 Å². The summed E-state index contributed by atoms with van der Waals surface area (Å²) in [4.78, 5) is 28.4. The fraction of sp³-hybridized carbons (Fsp3) is 0.528. The maximum Gasteiger partial charge on any atom is 0.264 e.